The van der Waals surface area contributed by atoms with Crippen LogP contribution in [0.2, 0.25) is 0 Å². The van der Waals surface area contributed by atoms with Gasteiger partial charge in [-0.1, -0.05) is 79.7 Å². The van der Waals surface area contributed by atoms with E-state index in [1.165, 1.54) is 0 Å². The molecule has 0 radical (unpaired) electrons. The van der Waals surface area contributed by atoms with Gasteiger partial charge in [0.25, 0.3) is 0 Å². The van der Waals surface area contributed by atoms with Crippen LogP contribution < -0.4 is 11.1 Å². The summed E-state index contributed by atoms with van der Waals surface area (Å²) in [4.78, 5) is 9.96. The molecule has 1 aliphatic rings. The molecule has 5 nitrogen and oxygen atoms in total. The van der Waals surface area contributed by atoms with Gasteiger partial charge in [-0.25, -0.2) is 9.97 Å². The lowest BCUT2D eigenvalue weighted by Crippen LogP contribution is -2.18. The molecule has 40 heavy (non-hydrogen) atoms. The number of hydrogen-bond donors (Lipinski definition) is 2. The van der Waals surface area contributed by atoms with E-state index in [4.69, 9.17) is 15.7 Å². The Labute approximate surface area is 233 Å². The summed E-state index contributed by atoms with van der Waals surface area (Å²) >= 11 is 0. The first kappa shape index (κ1) is 23.9. The van der Waals surface area contributed by atoms with E-state index in [-0.39, 0.29) is 6.04 Å². The molecule has 0 amide bonds. The molecule has 0 fully saturated rings. The van der Waals surface area contributed by atoms with Crippen molar-refractivity contribution in [3.05, 3.63) is 133 Å². The van der Waals surface area contributed by atoms with Crippen LogP contribution in [0.1, 0.15) is 24.4 Å². The Morgan fingerprint density at radius 3 is 2.35 bits per heavy atom. The summed E-state index contributed by atoms with van der Waals surface area (Å²) in [5.41, 5.74) is 16.9. The number of nitrogens with two attached hydrogens (primary N) is 1. The van der Waals surface area contributed by atoms with Gasteiger partial charge in [0.2, 0.25) is 0 Å². The van der Waals surface area contributed by atoms with Gasteiger partial charge >= 0.3 is 0 Å². The monoisotopic (exact) mass is 519 g/mol. The van der Waals surface area contributed by atoms with Gasteiger partial charge < -0.3 is 11.1 Å². The first-order valence-electron chi connectivity index (χ1n) is 13.7. The lowest BCUT2D eigenvalue weighted by Gasteiger charge is -2.23. The summed E-state index contributed by atoms with van der Waals surface area (Å²) in [6, 6.07) is 33.6. The molecule has 6 aromatic rings. The maximum atomic E-state index is 6.82. The minimum Gasteiger partial charge on any atom is -0.398 e. The normalized spacial score (nSPS) is 14.6. The number of fused-ring (bicyclic) bond motifs is 2. The Kier molecular flexibility index (Phi) is 5.90. The number of aryl methyl sites for hydroxylation is 1. The minimum absolute atomic E-state index is 0.0576. The Bertz CT molecular complexity index is 1930. The molecule has 3 N–H and O–H groups in total. The van der Waals surface area contributed by atoms with Crippen LogP contribution in [0, 0.1) is 0 Å². The number of anilines is 1. The fraction of sp³-hybridized carbons (Fsp3) is 0.0857. The number of nitrogens with one attached hydrogen (secondary N) is 1. The number of benzene rings is 4. The van der Waals surface area contributed by atoms with Crippen LogP contribution in [0.15, 0.2) is 121 Å². The van der Waals surface area contributed by atoms with E-state index in [0.717, 1.165) is 73.5 Å². The van der Waals surface area contributed by atoms with Crippen molar-refractivity contribution >= 4 is 27.6 Å². The van der Waals surface area contributed by atoms with Crippen molar-refractivity contribution in [1.82, 2.24) is 19.9 Å². The van der Waals surface area contributed by atoms with Crippen molar-refractivity contribution in [1.29, 1.82) is 0 Å². The summed E-state index contributed by atoms with van der Waals surface area (Å²) in [5, 5.41) is 4.41. The first-order valence-corrected chi connectivity index (χ1v) is 13.7. The SMILES string of the molecule is CCc1nc2ccccc2n1-c1ccc(-c2cccc(-c3nc4ccccc4c(N)c3[C@@H]3C=CC=CN3)c2)cc1. The van der Waals surface area contributed by atoms with E-state index < -0.39 is 0 Å². The molecule has 0 spiro atoms. The predicted octanol–water partition coefficient (Wildman–Crippen LogP) is 7.77. The largest absolute Gasteiger partial charge is 0.398 e. The molecule has 1 atom stereocenters. The third-order valence-corrected chi connectivity index (χ3v) is 7.61. The second-order valence-corrected chi connectivity index (χ2v) is 10.0. The van der Waals surface area contributed by atoms with Crippen molar-refractivity contribution in [3.8, 4) is 28.1 Å². The van der Waals surface area contributed by atoms with Gasteiger partial charge in [0, 0.05) is 34.3 Å². The topological polar surface area (TPSA) is 68.8 Å². The zero-order chi connectivity index (χ0) is 27.1. The number of pyridine rings is 1. The molecular formula is C35H29N5. The third-order valence-electron chi connectivity index (χ3n) is 7.61. The van der Waals surface area contributed by atoms with Gasteiger partial charge in [-0.3, -0.25) is 4.57 Å². The Hall–Kier alpha value is -5.16. The fourth-order valence-corrected chi connectivity index (χ4v) is 5.66. The standard InChI is InChI=1S/C35H29N5/c1-2-32-38-29-14-5-6-16-31(29)40(32)26-19-17-23(18-20-26)24-10-9-11-25(22-24)35-33(30-15-7-8-21-37-30)34(36)27-12-3-4-13-28(27)39-35/h3-22,30,37H,2H2,1H3,(H2,36,39)/t30-/m0/s1. The van der Waals surface area contributed by atoms with Crippen molar-refractivity contribution in [3.63, 3.8) is 0 Å². The molecule has 7 rings (SSSR count). The van der Waals surface area contributed by atoms with Crippen molar-refractivity contribution in [2.75, 3.05) is 5.73 Å². The first-order chi connectivity index (χ1) is 19.7. The van der Waals surface area contributed by atoms with Crippen LogP contribution in [0.3, 0.4) is 0 Å². The molecular weight excluding hydrogens is 490 g/mol. The second-order valence-electron chi connectivity index (χ2n) is 10.0. The molecule has 4 aromatic carbocycles. The maximum absolute atomic E-state index is 6.82. The highest BCUT2D eigenvalue weighted by atomic mass is 15.1. The molecule has 194 valence electrons. The highest BCUT2D eigenvalue weighted by molar-refractivity contribution is 5.96. The third kappa shape index (κ3) is 4.03. The zero-order valence-electron chi connectivity index (χ0n) is 22.3. The van der Waals surface area contributed by atoms with Gasteiger partial charge in [-0.15, -0.1) is 0 Å². The molecule has 0 saturated carbocycles. The number of rotatable bonds is 5. The predicted molar refractivity (Wildman–Crippen MR) is 165 cm³/mol. The lowest BCUT2D eigenvalue weighted by atomic mass is 9.93. The van der Waals surface area contributed by atoms with E-state index in [9.17, 15) is 0 Å². The van der Waals surface area contributed by atoms with Gasteiger partial charge in [-0.05, 0) is 59.8 Å². The van der Waals surface area contributed by atoms with Crippen LogP contribution in [0.25, 0.3) is 50.0 Å². The zero-order valence-corrected chi connectivity index (χ0v) is 22.3. The number of nitrogen functional groups attached to an aromatic ring is 1. The summed E-state index contributed by atoms with van der Waals surface area (Å²) in [6.07, 6.45) is 8.97. The number of nitrogens with zero attached hydrogens (tertiary/aromatic N) is 3. The van der Waals surface area contributed by atoms with Crippen LogP contribution in [0.5, 0.6) is 0 Å². The van der Waals surface area contributed by atoms with Crippen molar-refractivity contribution in [2.45, 2.75) is 19.4 Å². The lowest BCUT2D eigenvalue weighted by molar-refractivity contribution is 0.748. The van der Waals surface area contributed by atoms with E-state index in [1.54, 1.807) is 0 Å². The molecule has 0 bridgehead atoms. The molecule has 5 heteroatoms. The quantitative estimate of drug-likeness (QED) is 0.244. The summed E-state index contributed by atoms with van der Waals surface area (Å²) < 4.78 is 2.25. The molecule has 3 heterocycles. The average molecular weight is 520 g/mol. The minimum atomic E-state index is -0.0576. The maximum Gasteiger partial charge on any atom is 0.114 e. The van der Waals surface area contributed by atoms with Crippen LogP contribution in [-0.4, -0.2) is 14.5 Å². The summed E-state index contributed by atoms with van der Waals surface area (Å²) in [5.74, 6) is 1.06. The van der Waals surface area contributed by atoms with Gasteiger partial charge in [0.05, 0.1) is 28.3 Å². The van der Waals surface area contributed by atoms with Crippen LogP contribution >= 0.6 is 0 Å². The number of para-hydroxylation sites is 3. The number of aromatic nitrogens is 3. The van der Waals surface area contributed by atoms with E-state index in [0.29, 0.717) is 0 Å². The van der Waals surface area contributed by atoms with E-state index in [1.807, 2.05) is 48.7 Å². The van der Waals surface area contributed by atoms with Crippen LogP contribution in [0.4, 0.5) is 5.69 Å². The number of allylic oxidation sites excluding steroid dienone is 2. The molecule has 0 aliphatic carbocycles. The van der Waals surface area contributed by atoms with Crippen molar-refractivity contribution in [2.24, 2.45) is 0 Å². The van der Waals surface area contributed by atoms with Crippen LogP contribution in [-0.2, 0) is 6.42 Å². The Morgan fingerprint density at radius 2 is 1.55 bits per heavy atom. The molecule has 2 aromatic heterocycles. The fourth-order valence-electron chi connectivity index (χ4n) is 5.66. The molecule has 1 aliphatic heterocycles. The van der Waals surface area contributed by atoms with Crippen molar-refractivity contribution < 1.29 is 0 Å². The Morgan fingerprint density at radius 1 is 0.775 bits per heavy atom. The highest BCUT2D eigenvalue weighted by Crippen LogP contribution is 2.38. The summed E-state index contributed by atoms with van der Waals surface area (Å²) in [7, 11) is 0. The average Bonchev–Trinajstić information content (AvgIpc) is 3.40. The summed E-state index contributed by atoms with van der Waals surface area (Å²) in [6.45, 7) is 2.15. The second kappa shape index (κ2) is 9.86. The number of hydrogen-bond acceptors (Lipinski definition) is 4. The van der Waals surface area contributed by atoms with E-state index >= 15 is 0 Å². The molecule has 0 unspecified atom stereocenters. The molecule has 0 saturated heterocycles. The number of imidazole rings is 1. The van der Waals surface area contributed by atoms with Gasteiger partial charge in [0.15, 0.2) is 0 Å². The van der Waals surface area contributed by atoms with E-state index in [2.05, 4.69) is 89.6 Å². The van der Waals surface area contributed by atoms with Gasteiger partial charge in [-0.2, -0.15) is 0 Å². The van der Waals surface area contributed by atoms with Gasteiger partial charge in [0.1, 0.15) is 5.82 Å². The highest BCUT2D eigenvalue weighted by Gasteiger charge is 2.21. The Balaban J connectivity index is 1.31. The number of dihydropyridines is 1. The smallest absolute Gasteiger partial charge is 0.114 e.